The predicted molar refractivity (Wildman–Crippen MR) is 109 cm³/mol. The Labute approximate surface area is 165 Å². The van der Waals surface area contributed by atoms with E-state index in [0.29, 0.717) is 23.5 Å². The Hall–Kier alpha value is -3.15. The summed E-state index contributed by atoms with van der Waals surface area (Å²) in [5.74, 6) is -1.27. The molecule has 2 aromatic rings. The molecule has 0 fully saturated rings. The lowest BCUT2D eigenvalue weighted by atomic mass is 9.90. The maximum absolute atomic E-state index is 12.7. The highest BCUT2D eigenvalue weighted by atomic mass is 16.5. The van der Waals surface area contributed by atoms with Gasteiger partial charge in [0.15, 0.2) is 0 Å². The molecule has 2 N–H and O–H groups in total. The molecule has 0 saturated heterocycles. The molecule has 0 aliphatic carbocycles. The molecule has 0 unspecified atom stereocenters. The fourth-order valence-corrected chi connectivity index (χ4v) is 2.63. The first kappa shape index (κ1) is 21.2. The summed E-state index contributed by atoms with van der Waals surface area (Å²) in [5.41, 5.74) is 2.30. The number of ether oxygens (including phenoxy) is 1. The molecule has 148 valence electrons. The van der Waals surface area contributed by atoms with Crippen molar-refractivity contribution >= 4 is 29.2 Å². The van der Waals surface area contributed by atoms with E-state index in [1.54, 1.807) is 45.0 Å². The van der Waals surface area contributed by atoms with E-state index in [9.17, 15) is 14.4 Å². The molecule has 0 radical (unpaired) electrons. The van der Waals surface area contributed by atoms with E-state index in [1.165, 1.54) is 0 Å². The van der Waals surface area contributed by atoms with E-state index < -0.39 is 23.2 Å². The average molecular weight is 382 g/mol. The van der Waals surface area contributed by atoms with Crippen molar-refractivity contribution in [1.29, 1.82) is 0 Å². The van der Waals surface area contributed by atoms with Gasteiger partial charge in [0.1, 0.15) is 5.41 Å². The maximum Gasteiger partial charge on any atom is 0.338 e. The van der Waals surface area contributed by atoms with Crippen molar-refractivity contribution in [1.82, 2.24) is 0 Å². The highest BCUT2D eigenvalue weighted by molar-refractivity contribution is 6.14. The van der Waals surface area contributed by atoms with Gasteiger partial charge in [0.05, 0.1) is 12.2 Å². The molecule has 0 spiro atoms. The second-order valence-electron chi connectivity index (χ2n) is 7.21. The van der Waals surface area contributed by atoms with Gasteiger partial charge in [0.25, 0.3) is 0 Å². The van der Waals surface area contributed by atoms with Crippen LogP contribution in [0.5, 0.6) is 0 Å². The van der Waals surface area contributed by atoms with Crippen molar-refractivity contribution in [2.24, 2.45) is 5.41 Å². The SMILES string of the molecule is CCOC(=O)c1ccc(NC(=O)C(C)(C)C(=O)Nc2cc(C)cc(C)c2)cc1. The topological polar surface area (TPSA) is 84.5 Å². The standard InChI is InChI=1S/C22H26N2O4/c1-6-28-19(25)16-7-9-17(10-8-16)23-20(26)22(4,5)21(27)24-18-12-14(2)11-15(3)13-18/h7-13H,6H2,1-5H3,(H,23,26)(H,24,27). The summed E-state index contributed by atoms with van der Waals surface area (Å²) in [6.07, 6.45) is 0. The minimum atomic E-state index is -1.29. The molecule has 0 saturated carbocycles. The molecule has 0 heterocycles. The fourth-order valence-electron chi connectivity index (χ4n) is 2.63. The number of amides is 2. The lowest BCUT2D eigenvalue weighted by molar-refractivity contribution is -0.135. The minimum Gasteiger partial charge on any atom is -0.462 e. The molecule has 2 amide bonds. The van der Waals surface area contributed by atoms with Gasteiger partial charge in [-0.1, -0.05) is 6.07 Å². The van der Waals surface area contributed by atoms with Crippen molar-refractivity contribution in [2.45, 2.75) is 34.6 Å². The molecule has 2 aromatic carbocycles. The highest BCUT2D eigenvalue weighted by Crippen LogP contribution is 2.23. The van der Waals surface area contributed by atoms with Gasteiger partial charge in [0.2, 0.25) is 11.8 Å². The number of aryl methyl sites for hydroxylation is 2. The third-order valence-electron chi connectivity index (χ3n) is 4.27. The van der Waals surface area contributed by atoms with Crippen molar-refractivity contribution in [2.75, 3.05) is 17.2 Å². The quantitative estimate of drug-likeness (QED) is 0.582. The molecule has 0 aliphatic rings. The number of anilines is 2. The Morgan fingerprint density at radius 2 is 1.36 bits per heavy atom. The molecule has 0 bridgehead atoms. The Kier molecular flexibility index (Phi) is 6.57. The van der Waals surface area contributed by atoms with Gasteiger partial charge in [-0.05, 0) is 82.1 Å². The van der Waals surface area contributed by atoms with Crippen molar-refractivity contribution < 1.29 is 19.1 Å². The van der Waals surface area contributed by atoms with Crippen molar-refractivity contribution in [3.05, 3.63) is 59.2 Å². The van der Waals surface area contributed by atoms with Crippen molar-refractivity contribution in [3.8, 4) is 0 Å². The fraction of sp³-hybridized carbons (Fsp3) is 0.318. The van der Waals surface area contributed by atoms with Gasteiger partial charge in [-0.3, -0.25) is 9.59 Å². The zero-order valence-electron chi connectivity index (χ0n) is 16.9. The zero-order valence-corrected chi connectivity index (χ0v) is 16.9. The van der Waals surface area contributed by atoms with E-state index >= 15 is 0 Å². The van der Waals surface area contributed by atoms with Gasteiger partial charge in [-0.2, -0.15) is 0 Å². The number of carbonyl (C=O) groups is 3. The Morgan fingerprint density at radius 3 is 1.86 bits per heavy atom. The smallest absolute Gasteiger partial charge is 0.338 e. The number of hydrogen-bond donors (Lipinski definition) is 2. The Morgan fingerprint density at radius 1 is 0.857 bits per heavy atom. The first-order valence-corrected chi connectivity index (χ1v) is 9.12. The van der Waals surface area contributed by atoms with Gasteiger partial charge in [-0.25, -0.2) is 4.79 Å². The molecule has 28 heavy (non-hydrogen) atoms. The van der Waals surface area contributed by atoms with E-state index in [1.807, 2.05) is 32.0 Å². The summed E-state index contributed by atoms with van der Waals surface area (Å²) < 4.78 is 4.93. The van der Waals surface area contributed by atoms with Crippen LogP contribution in [0.25, 0.3) is 0 Å². The predicted octanol–water partition coefficient (Wildman–Crippen LogP) is 4.08. The number of hydrogen-bond acceptors (Lipinski definition) is 4. The van der Waals surface area contributed by atoms with E-state index in [0.717, 1.165) is 11.1 Å². The minimum absolute atomic E-state index is 0.293. The molecule has 2 rings (SSSR count). The number of carbonyl (C=O) groups excluding carboxylic acids is 3. The summed E-state index contributed by atoms with van der Waals surface area (Å²) in [6.45, 7) is 9.04. The number of benzene rings is 2. The number of esters is 1. The van der Waals surface area contributed by atoms with Gasteiger partial charge >= 0.3 is 5.97 Å². The van der Waals surface area contributed by atoms with Gasteiger partial charge in [0, 0.05) is 11.4 Å². The van der Waals surface area contributed by atoms with Crippen LogP contribution in [0.2, 0.25) is 0 Å². The maximum atomic E-state index is 12.7. The first-order valence-electron chi connectivity index (χ1n) is 9.12. The first-order chi connectivity index (χ1) is 13.1. The third-order valence-corrected chi connectivity index (χ3v) is 4.27. The van der Waals surface area contributed by atoms with Crippen LogP contribution in [0, 0.1) is 19.3 Å². The normalized spacial score (nSPS) is 10.9. The van der Waals surface area contributed by atoms with Crippen LogP contribution in [0.15, 0.2) is 42.5 Å². The molecule has 6 nitrogen and oxygen atoms in total. The van der Waals surface area contributed by atoms with Crippen LogP contribution in [0.1, 0.15) is 42.3 Å². The van der Waals surface area contributed by atoms with Crippen LogP contribution >= 0.6 is 0 Å². The van der Waals surface area contributed by atoms with Crippen molar-refractivity contribution in [3.63, 3.8) is 0 Å². The summed E-state index contributed by atoms with van der Waals surface area (Å²) >= 11 is 0. The molecular formula is C22H26N2O4. The second kappa shape index (κ2) is 8.69. The molecular weight excluding hydrogens is 356 g/mol. The summed E-state index contributed by atoms with van der Waals surface area (Å²) in [7, 11) is 0. The summed E-state index contributed by atoms with van der Waals surface area (Å²) in [5, 5.41) is 5.53. The zero-order chi connectivity index (χ0) is 20.9. The molecule has 6 heteroatoms. The third kappa shape index (κ3) is 5.19. The van der Waals surface area contributed by atoms with Crippen LogP contribution in [0.4, 0.5) is 11.4 Å². The number of rotatable bonds is 6. The monoisotopic (exact) mass is 382 g/mol. The molecule has 0 atom stereocenters. The second-order valence-corrected chi connectivity index (χ2v) is 7.21. The Bertz CT molecular complexity index is 866. The summed E-state index contributed by atoms with van der Waals surface area (Å²) in [4.78, 5) is 37.0. The highest BCUT2D eigenvalue weighted by Gasteiger charge is 2.36. The lowest BCUT2D eigenvalue weighted by Crippen LogP contribution is -2.41. The Balaban J connectivity index is 2.07. The lowest BCUT2D eigenvalue weighted by Gasteiger charge is -2.23. The van der Waals surface area contributed by atoms with Gasteiger partial charge < -0.3 is 15.4 Å². The molecule has 0 aliphatic heterocycles. The average Bonchev–Trinajstić information content (AvgIpc) is 2.61. The van der Waals surface area contributed by atoms with Crippen LogP contribution in [0.3, 0.4) is 0 Å². The largest absolute Gasteiger partial charge is 0.462 e. The van der Waals surface area contributed by atoms with Gasteiger partial charge in [-0.15, -0.1) is 0 Å². The van der Waals surface area contributed by atoms with Crippen LogP contribution in [-0.4, -0.2) is 24.4 Å². The summed E-state index contributed by atoms with van der Waals surface area (Å²) in [6, 6.07) is 12.0. The van der Waals surface area contributed by atoms with E-state index in [-0.39, 0.29) is 0 Å². The van der Waals surface area contributed by atoms with Crippen LogP contribution in [-0.2, 0) is 14.3 Å². The molecule has 0 aromatic heterocycles. The van der Waals surface area contributed by atoms with Crippen LogP contribution < -0.4 is 10.6 Å². The number of nitrogens with one attached hydrogen (secondary N) is 2. The van der Waals surface area contributed by atoms with E-state index in [4.69, 9.17) is 4.74 Å². The van der Waals surface area contributed by atoms with E-state index in [2.05, 4.69) is 10.6 Å².